The maximum atomic E-state index is 9.80. The summed E-state index contributed by atoms with van der Waals surface area (Å²) in [5.74, 6) is 0. The Labute approximate surface area is 95.9 Å². The highest BCUT2D eigenvalue weighted by atomic mass is 79.9. The fraction of sp³-hybridized carbons (Fsp3) is 0.273. The molecular weight excluding hydrogens is 258 g/mol. The SMILES string of the molecule is OC(CBr)C(O)c1ccc2[nH]ccc2c1. The molecule has 15 heavy (non-hydrogen) atoms. The summed E-state index contributed by atoms with van der Waals surface area (Å²) in [6.07, 6.45) is 0.229. The summed E-state index contributed by atoms with van der Waals surface area (Å²) in [5, 5.41) is 20.7. The Morgan fingerprint density at radius 3 is 2.80 bits per heavy atom. The summed E-state index contributed by atoms with van der Waals surface area (Å²) in [6, 6.07) is 7.53. The van der Waals surface area contributed by atoms with Crippen molar-refractivity contribution in [2.24, 2.45) is 0 Å². The molecule has 0 saturated heterocycles. The number of aliphatic hydroxyl groups is 2. The van der Waals surface area contributed by atoms with Gasteiger partial charge in [-0.1, -0.05) is 22.0 Å². The van der Waals surface area contributed by atoms with Crippen LogP contribution in [-0.2, 0) is 0 Å². The molecule has 2 atom stereocenters. The van der Waals surface area contributed by atoms with Crippen molar-refractivity contribution in [1.82, 2.24) is 4.98 Å². The molecule has 0 spiro atoms. The van der Waals surface area contributed by atoms with Gasteiger partial charge in [-0.05, 0) is 29.1 Å². The number of fused-ring (bicyclic) bond motifs is 1. The number of aromatic amines is 1. The first-order chi connectivity index (χ1) is 7.22. The lowest BCUT2D eigenvalue weighted by molar-refractivity contribution is 0.0343. The molecule has 2 aromatic rings. The van der Waals surface area contributed by atoms with Crippen molar-refractivity contribution in [2.45, 2.75) is 12.2 Å². The second-order valence-electron chi connectivity index (χ2n) is 3.49. The van der Waals surface area contributed by atoms with Gasteiger partial charge >= 0.3 is 0 Å². The summed E-state index contributed by atoms with van der Waals surface area (Å²) < 4.78 is 0. The highest BCUT2D eigenvalue weighted by molar-refractivity contribution is 9.09. The molecule has 4 heteroatoms. The van der Waals surface area contributed by atoms with Crippen LogP contribution in [0, 0.1) is 0 Å². The van der Waals surface area contributed by atoms with Crippen molar-refractivity contribution in [3.8, 4) is 0 Å². The van der Waals surface area contributed by atoms with Crippen LogP contribution in [0.1, 0.15) is 11.7 Å². The van der Waals surface area contributed by atoms with Gasteiger partial charge in [0.2, 0.25) is 0 Å². The van der Waals surface area contributed by atoms with E-state index in [1.165, 1.54) is 0 Å². The number of benzene rings is 1. The molecule has 0 bridgehead atoms. The van der Waals surface area contributed by atoms with Gasteiger partial charge < -0.3 is 15.2 Å². The summed E-state index contributed by atoms with van der Waals surface area (Å²) in [5.41, 5.74) is 1.76. The minimum atomic E-state index is -0.844. The summed E-state index contributed by atoms with van der Waals surface area (Å²) in [7, 11) is 0. The lowest BCUT2D eigenvalue weighted by Gasteiger charge is -2.15. The fourth-order valence-electron chi connectivity index (χ4n) is 1.56. The van der Waals surface area contributed by atoms with E-state index in [-0.39, 0.29) is 0 Å². The molecule has 0 saturated carbocycles. The molecule has 1 aromatic carbocycles. The van der Waals surface area contributed by atoms with Gasteiger partial charge in [-0.25, -0.2) is 0 Å². The molecule has 0 radical (unpaired) electrons. The van der Waals surface area contributed by atoms with Crippen LogP contribution in [0.15, 0.2) is 30.5 Å². The second-order valence-corrected chi connectivity index (χ2v) is 4.14. The maximum Gasteiger partial charge on any atom is 0.106 e. The van der Waals surface area contributed by atoms with Crippen LogP contribution in [-0.4, -0.2) is 26.6 Å². The molecule has 3 nitrogen and oxygen atoms in total. The van der Waals surface area contributed by atoms with E-state index in [9.17, 15) is 10.2 Å². The van der Waals surface area contributed by atoms with Gasteiger partial charge in [-0.15, -0.1) is 0 Å². The highest BCUT2D eigenvalue weighted by Crippen LogP contribution is 2.22. The number of hydrogen-bond donors (Lipinski definition) is 3. The number of rotatable bonds is 3. The zero-order chi connectivity index (χ0) is 10.8. The number of aromatic nitrogens is 1. The van der Waals surface area contributed by atoms with Gasteiger partial charge in [0.05, 0.1) is 6.10 Å². The van der Waals surface area contributed by atoms with E-state index in [2.05, 4.69) is 20.9 Å². The molecule has 80 valence electrons. The molecule has 1 heterocycles. The third-order valence-electron chi connectivity index (χ3n) is 2.44. The Hall–Kier alpha value is -0.840. The van der Waals surface area contributed by atoms with Crippen LogP contribution in [0.4, 0.5) is 0 Å². The van der Waals surface area contributed by atoms with Crippen molar-refractivity contribution in [3.63, 3.8) is 0 Å². The molecule has 2 unspecified atom stereocenters. The smallest absolute Gasteiger partial charge is 0.106 e. The quantitative estimate of drug-likeness (QED) is 0.747. The first-order valence-corrected chi connectivity index (χ1v) is 5.83. The second kappa shape index (κ2) is 4.35. The summed E-state index contributed by atoms with van der Waals surface area (Å²) in [4.78, 5) is 3.08. The van der Waals surface area contributed by atoms with Crippen molar-refractivity contribution in [3.05, 3.63) is 36.0 Å². The molecular formula is C11H12BrNO2. The van der Waals surface area contributed by atoms with E-state index in [1.807, 2.05) is 30.5 Å². The average molecular weight is 270 g/mol. The van der Waals surface area contributed by atoms with Crippen LogP contribution in [0.3, 0.4) is 0 Å². The van der Waals surface area contributed by atoms with Crippen molar-refractivity contribution in [2.75, 3.05) is 5.33 Å². The van der Waals surface area contributed by atoms with E-state index < -0.39 is 12.2 Å². The summed E-state index contributed by atoms with van der Waals surface area (Å²) >= 11 is 3.14. The van der Waals surface area contributed by atoms with Gasteiger partial charge in [0.25, 0.3) is 0 Å². The Balaban J connectivity index is 2.35. The van der Waals surface area contributed by atoms with E-state index >= 15 is 0 Å². The number of hydrogen-bond acceptors (Lipinski definition) is 2. The predicted molar refractivity (Wildman–Crippen MR) is 63.1 cm³/mol. The molecule has 1 aromatic heterocycles. The Kier molecular flexibility index (Phi) is 3.09. The number of alkyl halides is 1. The first kappa shape index (κ1) is 10.7. The normalized spacial score (nSPS) is 15.4. The molecule has 0 aliphatic heterocycles. The molecule has 0 aliphatic carbocycles. The average Bonchev–Trinajstić information content (AvgIpc) is 2.73. The fourth-order valence-corrected chi connectivity index (χ4v) is 1.92. The lowest BCUT2D eigenvalue weighted by Crippen LogP contribution is -2.19. The molecule has 3 N–H and O–H groups in total. The van der Waals surface area contributed by atoms with Crippen LogP contribution >= 0.6 is 15.9 Å². The Bertz CT molecular complexity index is 455. The van der Waals surface area contributed by atoms with Crippen molar-refractivity contribution in [1.29, 1.82) is 0 Å². The van der Waals surface area contributed by atoms with Crippen molar-refractivity contribution < 1.29 is 10.2 Å². The number of halogens is 1. The Morgan fingerprint density at radius 2 is 2.07 bits per heavy atom. The van der Waals surface area contributed by atoms with E-state index in [4.69, 9.17) is 0 Å². The number of nitrogens with one attached hydrogen (secondary N) is 1. The monoisotopic (exact) mass is 269 g/mol. The lowest BCUT2D eigenvalue weighted by atomic mass is 10.0. The van der Waals surface area contributed by atoms with Gasteiger partial charge in [-0.3, -0.25) is 0 Å². The standard InChI is InChI=1S/C11H12BrNO2/c12-6-10(14)11(15)8-1-2-9-7(5-8)3-4-13-9/h1-5,10-11,13-15H,6H2. The van der Waals surface area contributed by atoms with E-state index in [0.29, 0.717) is 5.33 Å². The first-order valence-electron chi connectivity index (χ1n) is 4.71. The molecule has 0 fully saturated rings. The molecule has 2 rings (SSSR count). The van der Waals surface area contributed by atoms with E-state index in [1.54, 1.807) is 0 Å². The molecule has 0 amide bonds. The van der Waals surface area contributed by atoms with Crippen molar-refractivity contribution >= 4 is 26.8 Å². The van der Waals surface area contributed by atoms with Crippen LogP contribution in [0.25, 0.3) is 10.9 Å². The van der Waals surface area contributed by atoms with Gasteiger partial charge in [0.15, 0.2) is 0 Å². The van der Waals surface area contributed by atoms with Gasteiger partial charge in [0.1, 0.15) is 6.10 Å². The largest absolute Gasteiger partial charge is 0.389 e. The zero-order valence-corrected chi connectivity index (χ0v) is 9.61. The van der Waals surface area contributed by atoms with Crippen LogP contribution in [0.5, 0.6) is 0 Å². The van der Waals surface area contributed by atoms with E-state index in [0.717, 1.165) is 16.5 Å². The minimum Gasteiger partial charge on any atom is -0.389 e. The zero-order valence-electron chi connectivity index (χ0n) is 8.02. The number of aliphatic hydroxyl groups excluding tert-OH is 2. The maximum absolute atomic E-state index is 9.80. The third kappa shape index (κ3) is 2.07. The Morgan fingerprint density at radius 1 is 1.27 bits per heavy atom. The van der Waals surface area contributed by atoms with Gasteiger partial charge in [-0.2, -0.15) is 0 Å². The topological polar surface area (TPSA) is 56.2 Å². The predicted octanol–water partition coefficient (Wildman–Crippen LogP) is 1.96. The highest BCUT2D eigenvalue weighted by Gasteiger charge is 2.17. The number of H-pyrrole nitrogens is 1. The summed E-state index contributed by atoms with van der Waals surface area (Å²) in [6.45, 7) is 0. The van der Waals surface area contributed by atoms with Crippen LogP contribution < -0.4 is 0 Å². The van der Waals surface area contributed by atoms with Gasteiger partial charge in [0, 0.05) is 17.0 Å². The molecule has 0 aliphatic rings. The van der Waals surface area contributed by atoms with Crippen LogP contribution in [0.2, 0.25) is 0 Å². The third-order valence-corrected chi connectivity index (χ3v) is 3.10. The minimum absolute atomic E-state index is 0.360.